The highest BCUT2D eigenvalue weighted by Gasteiger charge is 2.00. The number of guanidine groups is 1. The van der Waals surface area contributed by atoms with Crippen molar-refractivity contribution in [3.05, 3.63) is 16.1 Å². The van der Waals surface area contributed by atoms with Crippen LogP contribution in [-0.4, -0.2) is 57.0 Å². The first-order valence-corrected chi connectivity index (χ1v) is 9.72. The van der Waals surface area contributed by atoms with E-state index in [1.807, 2.05) is 6.92 Å². The summed E-state index contributed by atoms with van der Waals surface area (Å²) in [6, 6.07) is 0. The molecule has 0 unspecified atom stereocenters. The Labute approximate surface area is 150 Å². The van der Waals surface area contributed by atoms with Crippen LogP contribution in [0.3, 0.4) is 0 Å². The van der Waals surface area contributed by atoms with Crippen LogP contribution in [0.2, 0.25) is 0 Å². The minimum absolute atomic E-state index is 0.610. The van der Waals surface area contributed by atoms with Crippen molar-refractivity contribution in [2.24, 2.45) is 4.99 Å². The lowest BCUT2D eigenvalue weighted by atomic mass is 10.3. The van der Waals surface area contributed by atoms with Crippen LogP contribution in [0.25, 0.3) is 0 Å². The van der Waals surface area contributed by atoms with Crippen molar-refractivity contribution >= 4 is 17.3 Å². The third-order valence-electron chi connectivity index (χ3n) is 3.20. The zero-order valence-electron chi connectivity index (χ0n) is 15.3. The molecule has 0 atom stereocenters. The van der Waals surface area contributed by atoms with Crippen molar-refractivity contribution in [2.45, 2.75) is 40.0 Å². The normalized spacial score (nSPS) is 11.7. The van der Waals surface area contributed by atoms with E-state index in [4.69, 9.17) is 9.47 Å². The van der Waals surface area contributed by atoms with Crippen LogP contribution >= 0.6 is 11.3 Å². The third-order valence-corrected chi connectivity index (χ3v) is 4.03. The molecule has 1 rings (SSSR count). The Morgan fingerprint density at radius 2 is 1.96 bits per heavy atom. The topological polar surface area (TPSA) is 67.8 Å². The van der Waals surface area contributed by atoms with Crippen LogP contribution in [0.5, 0.6) is 0 Å². The van der Waals surface area contributed by atoms with Gasteiger partial charge in [-0.2, -0.15) is 0 Å². The summed E-state index contributed by atoms with van der Waals surface area (Å²) >= 11 is 1.69. The second-order valence-corrected chi connectivity index (χ2v) is 6.44. The molecule has 1 heterocycles. The number of unbranched alkanes of at least 4 members (excludes halogenated alkanes) is 1. The van der Waals surface area contributed by atoms with Crippen molar-refractivity contribution in [3.63, 3.8) is 0 Å². The highest BCUT2D eigenvalue weighted by atomic mass is 32.1. The van der Waals surface area contributed by atoms with Crippen LogP contribution < -0.4 is 10.6 Å². The Bertz CT molecular complexity index is 452. The van der Waals surface area contributed by atoms with Gasteiger partial charge in [0.1, 0.15) is 0 Å². The zero-order chi connectivity index (χ0) is 17.5. The molecule has 0 aliphatic carbocycles. The van der Waals surface area contributed by atoms with Gasteiger partial charge < -0.3 is 20.1 Å². The number of nitrogens with zero attached hydrogens (tertiary/aromatic N) is 2. The number of nitrogens with one attached hydrogen (secondary N) is 2. The summed E-state index contributed by atoms with van der Waals surface area (Å²) in [5.41, 5.74) is 1.13. The first-order chi connectivity index (χ1) is 11.8. The smallest absolute Gasteiger partial charge is 0.191 e. The van der Waals surface area contributed by atoms with Crippen LogP contribution in [-0.2, 0) is 15.9 Å². The van der Waals surface area contributed by atoms with Gasteiger partial charge in [-0.25, -0.2) is 4.98 Å². The second kappa shape index (κ2) is 14.2. The lowest BCUT2D eigenvalue weighted by Crippen LogP contribution is -2.38. The molecule has 0 aromatic carbocycles. The highest BCUT2D eigenvalue weighted by molar-refractivity contribution is 7.09. The summed E-state index contributed by atoms with van der Waals surface area (Å²) in [5.74, 6) is 0.826. The Morgan fingerprint density at radius 3 is 2.62 bits per heavy atom. The molecule has 0 aliphatic heterocycles. The SMILES string of the molecule is CCCCOCCOCCN=C(NCC)NCCc1csc(C)n1. The summed E-state index contributed by atoms with van der Waals surface area (Å²) in [6.45, 7) is 11.3. The standard InChI is InChI=1S/C17H32N4O2S/c1-4-6-10-22-12-13-23-11-9-20-17(18-5-2)19-8-7-16-14-24-15(3)21-16/h14H,4-13H2,1-3H3,(H2,18,19,20). The number of thiazole rings is 1. The Morgan fingerprint density at radius 1 is 1.17 bits per heavy atom. The molecule has 0 aliphatic rings. The van der Waals surface area contributed by atoms with E-state index in [0.717, 1.165) is 55.6 Å². The van der Waals surface area contributed by atoms with Gasteiger partial charge in [-0.3, -0.25) is 4.99 Å². The summed E-state index contributed by atoms with van der Waals surface area (Å²) in [7, 11) is 0. The van der Waals surface area contributed by atoms with Crippen LogP contribution in [0.1, 0.15) is 37.4 Å². The fourth-order valence-electron chi connectivity index (χ4n) is 1.96. The number of hydrogen-bond donors (Lipinski definition) is 2. The molecule has 0 saturated heterocycles. The van der Waals surface area contributed by atoms with E-state index >= 15 is 0 Å². The second-order valence-electron chi connectivity index (χ2n) is 5.37. The van der Waals surface area contributed by atoms with Gasteiger partial charge in [-0.05, 0) is 20.3 Å². The lowest BCUT2D eigenvalue weighted by molar-refractivity contribution is 0.0497. The number of rotatable bonds is 13. The number of hydrogen-bond acceptors (Lipinski definition) is 5. The van der Waals surface area contributed by atoms with Gasteiger partial charge in [0.2, 0.25) is 0 Å². The first kappa shape index (κ1) is 20.9. The van der Waals surface area contributed by atoms with E-state index in [1.54, 1.807) is 11.3 Å². The summed E-state index contributed by atoms with van der Waals surface area (Å²) in [4.78, 5) is 8.97. The van der Waals surface area contributed by atoms with E-state index in [1.165, 1.54) is 0 Å². The van der Waals surface area contributed by atoms with Crippen molar-refractivity contribution in [1.29, 1.82) is 0 Å². The van der Waals surface area contributed by atoms with E-state index in [9.17, 15) is 0 Å². The fourth-order valence-corrected chi connectivity index (χ4v) is 2.61. The van der Waals surface area contributed by atoms with Gasteiger partial charge in [0, 0.05) is 31.5 Å². The molecule has 0 saturated carbocycles. The molecule has 1 aromatic rings. The van der Waals surface area contributed by atoms with Crippen LogP contribution in [0.4, 0.5) is 0 Å². The number of ether oxygens (including phenoxy) is 2. The van der Waals surface area contributed by atoms with Gasteiger partial charge in [0.15, 0.2) is 5.96 Å². The maximum atomic E-state index is 5.52. The molecule has 7 heteroatoms. The predicted octanol–water partition coefficient (Wildman–Crippen LogP) is 2.38. The molecule has 0 spiro atoms. The minimum Gasteiger partial charge on any atom is -0.379 e. The van der Waals surface area contributed by atoms with Crippen molar-refractivity contribution in [2.75, 3.05) is 46.1 Å². The summed E-state index contributed by atoms with van der Waals surface area (Å²) in [5, 5.41) is 9.79. The predicted molar refractivity (Wildman–Crippen MR) is 101 cm³/mol. The van der Waals surface area contributed by atoms with Crippen molar-refractivity contribution in [3.8, 4) is 0 Å². The van der Waals surface area contributed by atoms with Gasteiger partial charge >= 0.3 is 0 Å². The Balaban J connectivity index is 2.10. The van der Waals surface area contributed by atoms with E-state index < -0.39 is 0 Å². The molecular weight excluding hydrogens is 324 g/mol. The molecule has 2 N–H and O–H groups in total. The number of aromatic nitrogens is 1. The fraction of sp³-hybridized carbons (Fsp3) is 0.765. The van der Waals surface area contributed by atoms with Gasteiger partial charge in [0.25, 0.3) is 0 Å². The van der Waals surface area contributed by atoms with Crippen LogP contribution in [0, 0.1) is 6.92 Å². The zero-order valence-corrected chi connectivity index (χ0v) is 16.1. The maximum absolute atomic E-state index is 5.52. The monoisotopic (exact) mass is 356 g/mol. The molecule has 24 heavy (non-hydrogen) atoms. The maximum Gasteiger partial charge on any atom is 0.191 e. The molecule has 138 valence electrons. The largest absolute Gasteiger partial charge is 0.379 e. The molecule has 1 aromatic heterocycles. The average molecular weight is 357 g/mol. The van der Waals surface area contributed by atoms with E-state index in [0.29, 0.717) is 26.4 Å². The molecule has 0 radical (unpaired) electrons. The molecule has 0 amide bonds. The van der Waals surface area contributed by atoms with Crippen LogP contribution in [0.15, 0.2) is 10.4 Å². The van der Waals surface area contributed by atoms with Gasteiger partial charge in [-0.1, -0.05) is 13.3 Å². The molecule has 6 nitrogen and oxygen atoms in total. The van der Waals surface area contributed by atoms with E-state index in [-0.39, 0.29) is 0 Å². The number of aliphatic imine (C=N–C) groups is 1. The van der Waals surface area contributed by atoms with Gasteiger partial charge in [-0.15, -0.1) is 11.3 Å². The summed E-state index contributed by atoms with van der Waals surface area (Å²) < 4.78 is 11.0. The number of aryl methyl sites for hydroxylation is 1. The Kier molecular flexibility index (Phi) is 12.3. The molecular formula is C17H32N4O2S. The summed E-state index contributed by atoms with van der Waals surface area (Å²) in [6.07, 6.45) is 3.18. The minimum atomic E-state index is 0.610. The van der Waals surface area contributed by atoms with E-state index in [2.05, 4.69) is 39.8 Å². The van der Waals surface area contributed by atoms with Crippen molar-refractivity contribution < 1.29 is 9.47 Å². The average Bonchev–Trinajstić information content (AvgIpc) is 2.98. The van der Waals surface area contributed by atoms with Crippen molar-refractivity contribution in [1.82, 2.24) is 15.6 Å². The first-order valence-electron chi connectivity index (χ1n) is 8.85. The highest BCUT2D eigenvalue weighted by Crippen LogP contribution is 2.07. The molecule has 0 bridgehead atoms. The molecule has 0 fully saturated rings. The Hall–Kier alpha value is -1.18. The van der Waals surface area contributed by atoms with Gasteiger partial charge in [0.05, 0.1) is 37.1 Å². The lowest BCUT2D eigenvalue weighted by Gasteiger charge is -2.10. The quantitative estimate of drug-likeness (QED) is 0.323. The third kappa shape index (κ3) is 10.6.